The number of nitrogens with zero attached hydrogens (tertiary/aromatic N) is 3. The van der Waals surface area contributed by atoms with E-state index in [1.54, 1.807) is 12.5 Å². The third-order valence-corrected chi connectivity index (χ3v) is 3.10. The predicted octanol–water partition coefficient (Wildman–Crippen LogP) is 1.17. The first kappa shape index (κ1) is 16.0. The van der Waals surface area contributed by atoms with Gasteiger partial charge in [-0.25, -0.2) is 9.78 Å². The molecule has 0 saturated carbocycles. The molecule has 0 aliphatic carbocycles. The van der Waals surface area contributed by atoms with Gasteiger partial charge < -0.3 is 19.9 Å². The maximum atomic E-state index is 12.1. The Morgan fingerprint density at radius 2 is 2.15 bits per heavy atom. The Morgan fingerprint density at radius 1 is 1.45 bits per heavy atom. The van der Waals surface area contributed by atoms with Crippen molar-refractivity contribution in [2.24, 2.45) is 0 Å². The molecule has 20 heavy (non-hydrogen) atoms. The van der Waals surface area contributed by atoms with E-state index >= 15 is 0 Å². The summed E-state index contributed by atoms with van der Waals surface area (Å²) < 4.78 is 1.86. The molecule has 7 heteroatoms. The fourth-order valence-electron chi connectivity index (χ4n) is 1.84. The van der Waals surface area contributed by atoms with E-state index in [4.69, 9.17) is 5.11 Å². The van der Waals surface area contributed by atoms with Crippen LogP contribution in [0, 0.1) is 0 Å². The van der Waals surface area contributed by atoms with Gasteiger partial charge in [0.05, 0.1) is 6.33 Å². The molecule has 7 nitrogen and oxygen atoms in total. The van der Waals surface area contributed by atoms with Crippen LogP contribution in [0.3, 0.4) is 0 Å². The standard InChI is InChI=1S/C13H22N4O3/c1-4-11(3)17(8-12(18)19)13(20)15-10(2)7-16-6-5-14-9-16/h5-6,9-11H,4,7-8H2,1-3H3,(H,15,20)(H,18,19). The molecule has 0 aromatic carbocycles. The van der Waals surface area contributed by atoms with Gasteiger partial charge in [-0.05, 0) is 20.3 Å². The molecule has 1 aromatic heterocycles. The van der Waals surface area contributed by atoms with Crippen molar-refractivity contribution in [3.8, 4) is 0 Å². The molecular formula is C13H22N4O3. The van der Waals surface area contributed by atoms with E-state index in [-0.39, 0.29) is 24.7 Å². The summed E-state index contributed by atoms with van der Waals surface area (Å²) in [5.41, 5.74) is 0. The van der Waals surface area contributed by atoms with Crippen LogP contribution in [0.15, 0.2) is 18.7 Å². The number of hydrogen-bond donors (Lipinski definition) is 2. The number of aliphatic carboxylic acids is 1. The molecule has 0 radical (unpaired) electrons. The molecule has 1 aromatic rings. The summed E-state index contributed by atoms with van der Waals surface area (Å²) in [6, 6.07) is -0.585. The van der Waals surface area contributed by atoms with Gasteiger partial charge in [0, 0.05) is 31.0 Å². The first-order chi connectivity index (χ1) is 9.43. The lowest BCUT2D eigenvalue weighted by Crippen LogP contribution is -2.50. The van der Waals surface area contributed by atoms with Crippen LogP contribution < -0.4 is 5.32 Å². The molecule has 0 spiro atoms. The molecule has 0 aliphatic rings. The fraction of sp³-hybridized carbons (Fsp3) is 0.615. The van der Waals surface area contributed by atoms with Crippen LogP contribution in [0.5, 0.6) is 0 Å². The van der Waals surface area contributed by atoms with E-state index in [1.807, 2.05) is 31.5 Å². The first-order valence-corrected chi connectivity index (χ1v) is 6.68. The molecule has 2 unspecified atom stereocenters. The van der Waals surface area contributed by atoms with Crippen LogP contribution in [-0.2, 0) is 11.3 Å². The van der Waals surface area contributed by atoms with Gasteiger partial charge in [-0.15, -0.1) is 0 Å². The SMILES string of the molecule is CCC(C)N(CC(=O)O)C(=O)NC(C)Cn1ccnc1. The number of carboxylic acids is 1. The van der Waals surface area contributed by atoms with Crippen LogP contribution in [0.2, 0.25) is 0 Å². The van der Waals surface area contributed by atoms with Crippen molar-refractivity contribution in [1.29, 1.82) is 0 Å². The maximum Gasteiger partial charge on any atom is 0.323 e. The summed E-state index contributed by atoms with van der Waals surface area (Å²) >= 11 is 0. The Morgan fingerprint density at radius 3 is 2.65 bits per heavy atom. The summed E-state index contributed by atoms with van der Waals surface area (Å²) in [6.07, 6.45) is 5.86. The van der Waals surface area contributed by atoms with Crippen molar-refractivity contribution in [2.45, 2.75) is 45.8 Å². The van der Waals surface area contributed by atoms with Gasteiger partial charge in [-0.2, -0.15) is 0 Å². The summed E-state index contributed by atoms with van der Waals surface area (Å²) in [7, 11) is 0. The van der Waals surface area contributed by atoms with Crippen LogP contribution in [0.1, 0.15) is 27.2 Å². The minimum Gasteiger partial charge on any atom is -0.480 e. The second-order valence-corrected chi connectivity index (χ2v) is 4.89. The van der Waals surface area contributed by atoms with Gasteiger partial charge in [0.25, 0.3) is 0 Å². The van der Waals surface area contributed by atoms with Crippen molar-refractivity contribution in [3.63, 3.8) is 0 Å². The first-order valence-electron chi connectivity index (χ1n) is 6.68. The summed E-state index contributed by atoms with van der Waals surface area (Å²) in [4.78, 5) is 28.3. The summed E-state index contributed by atoms with van der Waals surface area (Å²) in [5, 5.41) is 11.7. The zero-order chi connectivity index (χ0) is 15.1. The number of urea groups is 1. The highest BCUT2D eigenvalue weighted by Crippen LogP contribution is 2.04. The van der Waals surface area contributed by atoms with E-state index < -0.39 is 5.97 Å². The van der Waals surface area contributed by atoms with Crippen LogP contribution in [0.4, 0.5) is 4.79 Å². The molecule has 2 atom stereocenters. The lowest BCUT2D eigenvalue weighted by Gasteiger charge is -2.28. The van der Waals surface area contributed by atoms with E-state index in [9.17, 15) is 9.59 Å². The molecule has 0 fully saturated rings. The number of carbonyl (C=O) groups excluding carboxylic acids is 1. The molecule has 2 N–H and O–H groups in total. The van der Waals surface area contributed by atoms with E-state index in [1.165, 1.54) is 4.90 Å². The normalized spacial score (nSPS) is 13.6. The topological polar surface area (TPSA) is 87.5 Å². The fourth-order valence-corrected chi connectivity index (χ4v) is 1.84. The largest absolute Gasteiger partial charge is 0.480 e. The number of aromatic nitrogens is 2. The maximum absolute atomic E-state index is 12.1. The van der Waals surface area contributed by atoms with Crippen molar-refractivity contribution < 1.29 is 14.7 Å². The van der Waals surface area contributed by atoms with E-state index in [0.29, 0.717) is 13.0 Å². The third-order valence-electron chi connectivity index (χ3n) is 3.10. The highest BCUT2D eigenvalue weighted by atomic mass is 16.4. The van der Waals surface area contributed by atoms with Crippen molar-refractivity contribution in [1.82, 2.24) is 19.8 Å². The van der Waals surface area contributed by atoms with Crippen molar-refractivity contribution >= 4 is 12.0 Å². The van der Waals surface area contributed by atoms with Gasteiger partial charge in [0.2, 0.25) is 0 Å². The third kappa shape index (κ3) is 4.91. The van der Waals surface area contributed by atoms with Gasteiger partial charge in [0.1, 0.15) is 6.54 Å². The zero-order valence-electron chi connectivity index (χ0n) is 12.1. The number of amides is 2. The van der Waals surface area contributed by atoms with Crippen LogP contribution in [-0.4, -0.2) is 50.2 Å². The molecule has 0 bridgehead atoms. The minimum atomic E-state index is -1.01. The monoisotopic (exact) mass is 282 g/mol. The number of carbonyl (C=O) groups is 2. The lowest BCUT2D eigenvalue weighted by molar-refractivity contribution is -0.138. The van der Waals surface area contributed by atoms with Crippen LogP contribution >= 0.6 is 0 Å². The molecule has 1 rings (SSSR count). The average Bonchev–Trinajstić information content (AvgIpc) is 2.87. The number of carboxylic acid groups (broad SMARTS) is 1. The lowest BCUT2D eigenvalue weighted by atomic mass is 10.2. The Bertz CT molecular complexity index is 433. The Kier molecular flexibility index (Phi) is 6.02. The molecule has 0 saturated heterocycles. The van der Waals surface area contributed by atoms with Gasteiger partial charge >= 0.3 is 12.0 Å². The number of hydrogen-bond acceptors (Lipinski definition) is 3. The average molecular weight is 282 g/mol. The smallest absolute Gasteiger partial charge is 0.323 e. The van der Waals surface area contributed by atoms with Crippen molar-refractivity contribution in [3.05, 3.63) is 18.7 Å². The number of rotatable bonds is 7. The van der Waals surface area contributed by atoms with E-state index in [0.717, 1.165) is 0 Å². The summed E-state index contributed by atoms with van der Waals surface area (Å²) in [5.74, 6) is -1.01. The van der Waals surface area contributed by atoms with Gasteiger partial charge in [0.15, 0.2) is 0 Å². The molecule has 112 valence electrons. The Balaban J connectivity index is 2.58. The second-order valence-electron chi connectivity index (χ2n) is 4.89. The number of nitrogens with one attached hydrogen (secondary N) is 1. The quantitative estimate of drug-likeness (QED) is 0.785. The molecular weight excluding hydrogens is 260 g/mol. The predicted molar refractivity (Wildman–Crippen MR) is 74.3 cm³/mol. The van der Waals surface area contributed by atoms with Gasteiger partial charge in [-0.1, -0.05) is 6.92 Å². The highest BCUT2D eigenvalue weighted by Gasteiger charge is 2.22. The van der Waals surface area contributed by atoms with Gasteiger partial charge in [-0.3, -0.25) is 4.79 Å². The Labute approximate surface area is 118 Å². The van der Waals surface area contributed by atoms with Crippen LogP contribution in [0.25, 0.3) is 0 Å². The second kappa shape index (κ2) is 7.52. The Hall–Kier alpha value is -2.05. The minimum absolute atomic E-state index is 0.114. The molecule has 0 aliphatic heterocycles. The van der Waals surface area contributed by atoms with Crippen molar-refractivity contribution in [2.75, 3.05) is 6.54 Å². The number of imidazole rings is 1. The van der Waals surface area contributed by atoms with E-state index in [2.05, 4.69) is 10.3 Å². The zero-order valence-corrected chi connectivity index (χ0v) is 12.1. The highest BCUT2D eigenvalue weighted by molar-refractivity contribution is 5.80. The summed E-state index contributed by atoms with van der Waals surface area (Å²) in [6.45, 7) is 5.92. The molecule has 2 amide bonds. The molecule has 1 heterocycles.